The molecule has 0 aromatic carbocycles. The first-order valence-corrected chi connectivity index (χ1v) is 4.65. The first-order chi connectivity index (χ1) is 6.09. The molecular formula is C10H15FO2. The summed E-state index contributed by atoms with van der Waals surface area (Å²) < 4.78 is 12.7. The Kier molecular flexibility index (Phi) is 3.46. The van der Waals surface area contributed by atoms with Crippen LogP contribution in [0.1, 0.15) is 32.6 Å². The van der Waals surface area contributed by atoms with Crippen LogP contribution in [0.15, 0.2) is 11.6 Å². The van der Waals surface area contributed by atoms with E-state index in [1.54, 1.807) is 13.0 Å². The van der Waals surface area contributed by atoms with Gasteiger partial charge in [-0.2, -0.15) is 0 Å². The smallest absolute Gasteiger partial charge is 0.330 e. The number of carboxylic acid groups (broad SMARTS) is 1. The van der Waals surface area contributed by atoms with Gasteiger partial charge in [-0.1, -0.05) is 6.08 Å². The van der Waals surface area contributed by atoms with Crippen LogP contribution in [0.4, 0.5) is 4.39 Å². The van der Waals surface area contributed by atoms with Crippen molar-refractivity contribution in [2.24, 2.45) is 5.92 Å². The molecular weight excluding hydrogens is 171 g/mol. The number of hydrogen-bond acceptors (Lipinski definition) is 1. The van der Waals surface area contributed by atoms with Gasteiger partial charge in [0.05, 0.1) is 0 Å². The molecule has 0 radical (unpaired) electrons. The summed E-state index contributed by atoms with van der Waals surface area (Å²) in [5.41, 5.74) is 0.377. The summed E-state index contributed by atoms with van der Waals surface area (Å²) in [5, 5.41) is 8.62. The van der Waals surface area contributed by atoms with Gasteiger partial charge < -0.3 is 5.11 Å². The Balaban J connectivity index is 2.46. The van der Waals surface area contributed by atoms with E-state index in [-0.39, 0.29) is 5.92 Å². The van der Waals surface area contributed by atoms with Crippen LogP contribution in [-0.2, 0) is 4.79 Å². The SMILES string of the molecule is C/C(=C\C1CCC(F)CC1)C(=O)O. The van der Waals surface area contributed by atoms with Crippen LogP contribution in [0.5, 0.6) is 0 Å². The molecule has 0 amide bonds. The minimum Gasteiger partial charge on any atom is -0.478 e. The van der Waals surface area contributed by atoms with Crippen LogP contribution in [-0.4, -0.2) is 17.2 Å². The zero-order chi connectivity index (χ0) is 9.84. The summed E-state index contributed by atoms with van der Waals surface area (Å²) >= 11 is 0. The zero-order valence-corrected chi connectivity index (χ0v) is 7.79. The van der Waals surface area contributed by atoms with E-state index in [2.05, 4.69) is 0 Å². The molecule has 74 valence electrons. The Hall–Kier alpha value is -0.860. The van der Waals surface area contributed by atoms with E-state index < -0.39 is 12.1 Å². The van der Waals surface area contributed by atoms with Gasteiger partial charge in [0, 0.05) is 5.57 Å². The van der Waals surface area contributed by atoms with Gasteiger partial charge in [-0.3, -0.25) is 0 Å². The Morgan fingerprint density at radius 3 is 2.38 bits per heavy atom. The van der Waals surface area contributed by atoms with Gasteiger partial charge in [0.1, 0.15) is 6.17 Å². The first kappa shape index (κ1) is 10.2. The topological polar surface area (TPSA) is 37.3 Å². The van der Waals surface area contributed by atoms with Crippen LogP contribution < -0.4 is 0 Å². The van der Waals surface area contributed by atoms with Crippen LogP contribution >= 0.6 is 0 Å². The molecule has 0 saturated heterocycles. The Bertz CT molecular complexity index is 215. The van der Waals surface area contributed by atoms with E-state index in [1.165, 1.54) is 0 Å². The highest BCUT2D eigenvalue weighted by atomic mass is 19.1. The maximum Gasteiger partial charge on any atom is 0.330 e. The lowest BCUT2D eigenvalue weighted by molar-refractivity contribution is -0.132. The molecule has 1 rings (SSSR count). The van der Waals surface area contributed by atoms with Gasteiger partial charge in [0.25, 0.3) is 0 Å². The highest BCUT2D eigenvalue weighted by molar-refractivity contribution is 5.85. The highest BCUT2D eigenvalue weighted by Gasteiger charge is 2.19. The quantitative estimate of drug-likeness (QED) is 0.673. The van der Waals surface area contributed by atoms with Crippen molar-refractivity contribution < 1.29 is 14.3 Å². The van der Waals surface area contributed by atoms with Crippen molar-refractivity contribution in [1.29, 1.82) is 0 Å². The van der Waals surface area contributed by atoms with Crippen molar-refractivity contribution in [1.82, 2.24) is 0 Å². The largest absolute Gasteiger partial charge is 0.478 e. The normalized spacial score (nSPS) is 30.2. The maximum absolute atomic E-state index is 12.7. The molecule has 3 heteroatoms. The second-order valence-electron chi connectivity index (χ2n) is 3.67. The van der Waals surface area contributed by atoms with Gasteiger partial charge >= 0.3 is 5.97 Å². The van der Waals surface area contributed by atoms with Crippen LogP contribution in [0, 0.1) is 5.92 Å². The lowest BCUT2D eigenvalue weighted by Gasteiger charge is -2.21. The number of aliphatic carboxylic acids is 1. The molecule has 2 nitrogen and oxygen atoms in total. The molecule has 1 saturated carbocycles. The Labute approximate surface area is 77.4 Å². The fourth-order valence-corrected chi connectivity index (χ4v) is 1.67. The summed E-state index contributed by atoms with van der Waals surface area (Å²) in [7, 11) is 0. The fourth-order valence-electron chi connectivity index (χ4n) is 1.67. The molecule has 1 fully saturated rings. The number of hydrogen-bond donors (Lipinski definition) is 1. The van der Waals surface area contributed by atoms with Crippen molar-refractivity contribution in [3.8, 4) is 0 Å². The van der Waals surface area contributed by atoms with Gasteiger partial charge in [-0.15, -0.1) is 0 Å². The molecule has 1 aliphatic rings. The standard InChI is InChI=1S/C10H15FO2/c1-7(10(12)13)6-8-2-4-9(11)5-3-8/h6,8-9H,2-5H2,1H3,(H,12,13)/b7-6+. The van der Waals surface area contributed by atoms with Gasteiger partial charge in [0.15, 0.2) is 0 Å². The number of rotatable bonds is 2. The summed E-state index contributed by atoms with van der Waals surface area (Å²) in [6.45, 7) is 1.59. The molecule has 0 aromatic heterocycles. The van der Waals surface area contributed by atoms with Gasteiger partial charge in [-0.05, 0) is 38.5 Å². The van der Waals surface area contributed by atoms with E-state index in [1.807, 2.05) is 0 Å². The summed E-state index contributed by atoms with van der Waals surface area (Å²) in [4.78, 5) is 10.5. The van der Waals surface area contributed by atoms with Gasteiger partial charge in [0.2, 0.25) is 0 Å². The third kappa shape index (κ3) is 3.17. The van der Waals surface area contributed by atoms with Crippen LogP contribution in [0.25, 0.3) is 0 Å². The number of carbonyl (C=O) groups is 1. The third-order valence-electron chi connectivity index (χ3n) is 2.52. The molecule has 1 aliphatic carbocycles. The predicted molar refractivity (Wildman–Crippen MR) is 48.2 cm³/mol. The lowest BCUT2D eigenvalue weighted by Crippen LogP contribution is -2.14. The molecule has 0 spiro atoms. The van der Waals surface area contributed by atoms with Crippen LogP contribution in [0.3, 0.4) is 0 Å². The molecule has 1 N–H and O–H groups in total. The summed E-state index contributed by atoms with van der Waals surface area (Å²) in [6.07, 6.45) is 3.81. The van der Waals surface area contributed by atoms with Crippen molar-refractivity contribution in [3.05, 3.63) is 11.6 Å². The summed E-state index contributed by atoms with van der Waals surface area (Å²) in [6, 6.07) is 0. The fraction of sp³-hybridized carbons (Fsp3) is 0.700. The van der Waals surface area contributed by atoms with Crippen molar-refractivity contribution in [2.45, 2.75) is 38.8 Å². The highest BCUT2D eigenvalue weighted by Crippen LogP contribution is 2.27. The third-order valence-corrected chi connectivity index (χ3v) is 2.52. The second-order valence-corrected chi connectivity index (χ2v) is 3.67. The van der Waals surface area contributed by atoms with E-state index in [0.717, 1.165) is 12.8 Å². The zero-order valence-electron chi connectivity index (χ0n) is 7.79. The van der Waals surface area contributed by atoms with Crippen molar-refractivity contribution in [2.75, 3.05) is 0 Å². The minimum absolute atomic E-state index is 0.267. The number of carboxylic acids is 1. The Morgan fingerprint density at radius 2 is 1.92 bits per heavy atom. The van der Waals surface area contributed by atoms with Crippen molar-refractivity contribution >= 4 is 5.97 Å². The maximum atomic E-state index is 12.7. The van der Waals surface area contributed by atoms with E-state index >= 15 is 0 Å². The molecule has 13 heavy (non-hydrogen) atoms. The molecule has 0 aliphatic heterocycles. The molecule has 0 unspecified atom stereocenters. The average molecular weight is 186 g/mol. The average Bonchev–Trinajstić information content (AvgIpc) is 2.08. The number of allylic oxidation sites excluding steroid dienone is 1. The Morgan fingerprint density at radius 1 is 1.38 bits per heavy atom. The van der Waals surface area contributed by atoms with Gasteiger partial charge in [-0.25, -0.2) is 9.18 Å². The van der Waals surface area contributed by atoms with Crippen LogP contribution in [0.2, 0.25) is 0 Å². The molecule has 0 atom stereocenters. The monoisotopic (exact) mass is 186 g/mol. The molecule has 0 bridgehead atoms. The minimum atomic E-state index is -0.873. The van der Waals surface area contributed by atoms with Crippen molar-refractivity contribution in [3.63, 3.8) is 0 Å². The number of halogens is 1. The molecule has 0 heterocycles. The second kappa shape index (κ2) is 4.40. The summed E-state index contributed by atoms with van der Waals surface area (Å²) in [5.74, 6) is -0.606. The lowest BCUT2D eigenvalue weighted by atomic mass is 9.87. The van der Waals surface area contributed by atoms with E-state index in [4.69, 9.17) is 5.11 Å². The predicted octanol–water partition coefficient (Wildman–Crippen LogP) is 2.55. The molecule has 0 aromatic rings. The first-order valence-electron chi connectivity index (χ1n) is 4.65. The van der Waals surface area contributed by atoms with E-state index in [0.29, 0.717) is 18.4 Å². The van der Waals surface area contributed by atoms with E-state index in [9.17, 15) is 9.18 Å². The number of alkyl halides is 1.